The van der Waals surface area contributed by atoms with Crippen LogP contribution in [-0.4, -0.2) is 14.2 Å². The molecule has 0 spiro atoms. The third kappa shape index (κ3) is 2.88. The molecule has 2 aromatic carbocycles. The summed E-state index contributed by atoms with van der Waals surface area (Å²) in [5, 5.41) is 0. The van der Waals surface area contributed by atoms with Crippen LogP contribution in [0.1, 0.15) is 18.5 Å². The summed E-state index contributed by atoms with van der Waals surface area (Å²) in [6.07, 6.45) is 0. The molecule has 2 aromatic rings. The quantitative estimate of drug-likeness (QED) is 0.913. The Kier molecular flexibility index (Phi) is 4.07. The van der Waals surface area contributed by atoms with Gasteiger partial charge in [0.2, 0.25) is 0 Å². The van der Waals surface area contributed by atoms with E-state index in [-0.39, 0.29) is 6.04 Å². The van der Waals surface area contributed by atoms with Crippen molar-refractivity contribution in [3.63, 3.8) is 0 Å². The first kappa shape index (κ1) is 13.4. The number of methoxy groups -OCH3 is 2. The SMILES string of the molecule is COc1cccc(-c2cc(C(C)N)ccc2OC)c1. The lowest BCUT2D eigenvalue weighted by atomic mass is 9.99. The average molecular weight is 257 g/mol. The maximum atomic E-state index is 5.94. The molecule has 0 aliphatic carbocycles. The third-order valence-electron chi connectivity index (χ3n) is 3.13. The molecule has 0 fully saturated rings. The van der Waals surface area contributed by atoms with Gasteiger partial charge in [-0.3, -0.25) is 0 Å². The van der Waals surface area contributed by atoms with Crippen molar-refractivity contribution in [3.05, 3.63) is 48.0 Å². The molecule has 1 atom stereocenters. The minimum atomic E-state index is -0.00439. The number of benzene rings is 2. The Bertz CT molecular complexity index is 564. The van der Waals surface area contributed by atoms with E-state index in [4.69, 9.17) is 15.2 Å². The van der Waals surface area contributed by atoms with Crippen LogP contribution < -0.4 is 15.2 Å². The monoisotopic (exact) mass is 257 g/mol. The van der Waals surface area contributed by atoms with E-state index < -0.39 is 0 Å². The summed E-state index contributed by atoms with van der Waals surface area (Å²) in [7, 11) is 3.33. The zero-order chi connectivity index (χ0) is 13.8. The van der Waals surface area contributed by atoms with Gasteiger partial charge >= 0.3 is 0 Å². The second kappa shape index (κ2) is 5.76. The molecule has 1 unspecified atom stereocenters. The van der Waals surface area contributed by atoms with Gasteiger partial charge in [0.25, 0.3) is 0 Å². The fourth-order valence-corrected chi connectivity index (χ4v) is 2.03. The van der Waals surface area contributed by atoms with Gasteiger partial charge in [-0.15, -0.1) is 0 Å². The summed E-state index contributed by atoms with van der Waals surface area (Å²) in [6.45, 7) is 1.97. The first-order valence-electron chi connectivity index (χ1n) is 6.23. The standard InChI is InChI=1S/C16H19NO2/c1-11(17)12-7-8-16(19-3)15(10-12)13-5-4-6-14(9-13)18-2/h4-11H,17H2,1-3H3. The van der Waals surface area contributed by atoms with Crippen LogP contribution in [0.2, 0.25) is 0 Å². The van der Waals surface area contributed by atoms with E-state index in [1.807, 2.05) is 43.3 Å². The second-order valence-corrected chi connectivity index (χ2v) is 4.48. The average Bonchev–Trinajstić information content (AvgIpc) is 2.46. The van der Waals surface area contributed by atoms with Crippen LogP contribution in [0, 0.1) is 0 Å². The van der Waals surface area contributed by atoms with E-state index in [2.05, 4.69) is 6.07 Å². The van der Waals surface area contributed by atoms with Crippen LogP contribution in [-0.2, 0) is 0 Å². The minimum Gasteiger partial charge on any atom is -0.497 e. The summed E-state index contributed by atoms with van der Waals surface area (Å²) >= 11 is 0. The lowest BCUT2D eigenvalue weighted by molar-refractivity contribution is 0.413. The Morgan fingerprint density at radius 3 is 2.42 bits per heavy atom. The molecule has 100 valence electrons. The van der Waals surface area contributed by atoms with Crippen LogP contribution in [0.3, 0.4) is 0 Å². The molecular weight excluding hydrogens is 238 g/mol. The van der Waals surface area contributed by atoms with Gasteiger partial charge in [0.05, 0.1) is 14.2 Å². The molecule has 2 rings (SSSR count). The molecule has 3 nitrogen and oxygen atoms in total. The highest BCUT2D eigenvalue weighted by Gasteiger charge is 2.09. The van der Waals surface area contributed by atoms with Gasteiger partial charge in [0.15, 0.2) is 0 Å². The topological polar surface area (TPSA) is 44.5 Å². The van der Waals surface area contributed by atoms with E-state index in [9.17, 15) is 0 Å². The van der Waals surface area contributed by atoms with Gasteiger partial charge < -0.3 is 15.2 Å². The number of nitrogens with two attached hydrogens (primary N) is 1. The van der Waals surface area contributed by atoms with Gasteiger partial charge in [-0.1, -0.05) is 18.2 Å². The Balaban J connectivity index is 2.54. The fourth-order valence-electron chi connectivity index (χ4n) is 2.03. The lowest BCUT2D eigenvalue weighted by Gasteiger charge is -2.13. The lowest BCUT2D eigenvalue weighted by Crippen LogP contribution is -2.05. The van der Waals surface area contributed by atoms with Crippen molar-refractivity contribution in [2.45, 2.75) is 13.0 Å². The predicted molar refractivity (Wildman–Crippen MR) is 77.6 cm³/mol. The van der Waals surface area contributed by atoms with E-state index in [0.29, 0.717) is 0 Å². The first-order chi connectivity index (χ1) is 9.15. The van der Waals surface area contributed by atoms with E-state index >= 15 is 0 Å². The molecule has 3 heteroatoms. The van der Waals surface area contributed by atoms with Crippen LogP contribution in [0.4, 0.5) is 0 Å². The van der Waals surface area contributed by atoms with Crippen molar-refractivity contribution in [1.29, 1.82) is 0 Å². The zero-order valence-electron chi connectivity index (χ0n) is 11.5. The number of rotatable bonds is 4. The smallest absolute Gasteiger partial charge is 0.126 e. The summed E-state index contributed by atoms with van der Waals surface area (Å²) in [5.41, 5.74) is 9.10. The zero-order valence-corrected chi connectivity index (χ0v) is 11.5. The first-order valence-corrected chi connectivity index (χ1v) is 6.23. The summed E-state index contributed by atoms with van der Waals surface area (Å²) in [5.74, 6) is 1.66. The maximum Gasteiger partial charge on any atom is 0.126 e. The number of ether oxygens (including phenoxy) is 2. The maximum absolute atomic E-state index is 5.94. The highest BCUT2D eigenvalue weighted by molar-refractivity contribution is 5.72. The van der Waals surface area contributed by atoms with Crippen molar-refractivity contribution in [1.82, 2.24) is 0 Å². The Morgan fingerprint density at radius 2 is 1.79 bits per heavy atom. The van der Waals surface area contributed by atoms with Gasteiger partial charge in [-0.05, 0) is 42.3 Å². The molecule has 0 saturated carbocycles. The largest absolute Gasteiger partial charge is 0.497 e. The van der Waals surface area contributed by atoms with Crippen LogP contribution in [0.5, 0.6) is 11.5 Å². The van der Waals surface area contributed by atoms with Gasteiger partial charge in [-0.2, -0.15) is 0 Å². The fraction of sp³-hybridized carbons (Fsp3) is 0.250. The normalized spacial score (nSPS) is 12.0. The van der Waals surface area contributed by atoms with E-state index in [1.54, 1.807) is 14.2 Å². The molecule has 0 aromatic heterocycles. The van der Waals surface area contributed by atoms with Gasteiger partial charge in [0, 0.05) is 11.6 Å². The molecule has 0 aliphatic rings. The highest BCUT2D eigenvalue weighted by atomic mass is 16.5. The molecule has 0 saturated heterocycles. The van der Waals surface area contributed by atoms with Crippen molar-refractivity contribution < 1.29 is 9.47 Å². The molecule has 0 amide bonds. The second-order valence-electron chi connectivity index (χ2n) is 4.48. The van der Waals surface area contributed by atoms with Gasteiger partial charge in [-0.25, -0.2) is 0 Å². The Labute approximate surface area is 114 Å². The van der Waals surface area contributed by atoms with Gasteiger partial charge in [0.1, 0.15) is 11.5 Å². The van der Waals surface area contributed by atoms with Crippen molar-refractivity contribution in [2.24, 2.45) is 5.73 Å². The number of hydrogen-bond acceptors (Lipinski definition) is 3. The molecule has 0 heterocycles. The van der Waals surface area contributed by atoms with Crippen molar-refractivity contribution in [3.8, 4) is 22.6 Å². The third-order valence-corrected chi connectivity index (χ3v) is 3.13. The van der Waals surface area contributed by atoms with Crippen molar-refractivity contribution >= 4 is 0 Å². The molecule has 2 N–H and O–H groups in total. The molecule has 0 bridgehead atoms. The molecule has 0 aliphatic heterocycles. The Morgan fingerprint density at radius 1 is 1.00 bits per heavy atom. The van der Waals surface area contributed by atoms with Crippen molar-refractivity contribution in [2.75, 3.05) is 14.2 Å². The van der Waals surface area contributed by atoms with Crippen LogP contribution in [0.15, 0.2) is 42.5 Å². The summed E-state index contributed by atoms with van der Waals surface area (Å²) in [6, 6.07) is 13.9. The number of hydrogen-bond donors (Lipinski definition) is 1. The highest BCUT2D eigenvalue weighted by Crippen LogP contribution is 2.33. The van der Waals surface area contributed by atoms with Crippen LogP contribution >= 0.6 is 0 Å². The predicted octanol–water partition coefficient (Wildman–Crippen LogP) is 3.39. The molecular formula is C16H19NO2. The minimum absolute atomic E-state index is 0.00439. The van der Waals surface area contributed by atoms with Crippen LogP contribution in [0.25, 0.3) is 11.1 Å². The summed E-state index contributed by atoms with van der Waals surface area (Å²) in [4.78, 5) is 0. The van der Waals surface area contributed by atoms with E-state index in [0.717, 1.165) is 28.2 Å². The molecule has 19 heavy (non-hydrogen) atoms. The summed E-state index contributed by atoms with van der Waals surface area (Å²) < 4.78 is 10.7. The van der Waals surface area contributed by atoms with E-state index in [1.165, 1.54) is 0 Å². The Hall–Kier alpha value is -2.00. The molecule has 0 radical (unpaired) electrons.